The maximum Gasteiger partial charge on any atom is 0.328 e. The molecular weight excluding hydrogens is 542 g/mol. The van der Waals surface area contributed by atoms with E-state index in [0.717, 1.165) is 9.80 Å². The van der Waals surface area contributed by atoms with Crippen LogP contribution in [0.1, 0.15) is 37.1 Å². The number of carbonyl (C=O) groups is 5. The average Bonchev–Trinajstić information content (AvgIpc) is 3.65. The molecule has 4 aliphatic heterocycles. The number of esters is 1. The number of rotatable bonds is 7. The van der Waals surface area contributed by atoms with E-state index in [1.54, 1.807) is 81.5 Å². The van der Waals surface area contributed by atoms with Gasteiger partial charge in [0.25, 0.3) is 0 Å². The number of benzene rings is 2. The van der Waals surface area contributed by atoms with Gasteiger partial charge in [-0.2, -0.15) is 0 Å². The summed E-state index contributed by atoms with van der Waals surface area (Å²) in [6.07, 6.45) is 0. The lowest BCUT2D eigenvalue weighted by Gasteiger charge is -2.41. The van der Waals surface area contributed by atoms with E-state index in [1.165, 1.54) is 7.11 Å². The quantitative estimate of drug-likeness (QED) is 0.360. The number of likely N-dealkylation sites (tertiary alicyclic amines) is 2. The summed E-state index contributed by atoms with van der Waals surface area (Å²) in [5.74, 6) is -5.96. The molecule has 0 saturated carbocycles. The van der Waals surface area contributed by atoms with Crippen LogP contribution in [0, 0.1) is 23.7 Å². The number of fused-ring (bicyclic) bond motifs is 5. The van der Waals surface area contributed by atoms with E-state index in [2.05, 4.69) is 0 Å². The summed E-state index contributed by atoms with van der Waals surface area (Å²) in [5, 5.41) is 0. The molecule has 11 nitrogen and oxygen atoms in total. The second kappa shape index (κ2) is 9.94. The number of nitrogens with zero attached hydrogens (tertiary/aromatic N) is 3. The SMILES string of the molecule is CCN1C(=O)[C@H]2[C@@H](c3ccc(OC)cc3)N3[C@H](c4ccc(OC)cc4)[C@@H]4C(=O)N(CC)C(=O)[C@@H]4C3(C(=O)OC)[C@H]2C1=O. The topological polar surface area (TPSA) is 123 Å². The zero-order valence-corrected chi connectivity index (χ0v) is 24.1. The molecule has 4 heterocycles. The van der Waals surface area contributed by atoms with E-state index >= 15 is 0 Å². The van der Waals surface area contributed by atoms with E-state index in [9.17, 15) is 24.0 Å². The molecule has 0 N–H and O–H groups in total. The molecular formula is C31H33N3O8. The van der Waals surface area contributed by atoms with Crippen LogP contribution in [0.5, 0.6) is 11.5 Å². The molecule has 0 unspecified atom stereocenters. The van der Waals surface area contributed by atoms with Crippen molar-refractivity contribution in [3.63, 3.8) is 0 Å². The Hall–Kier alpha value is -4.25. The fourth-order valence-electron chi connectivity index (χ4n) is 8.04. The molecule has 6 atom stereocenters. The van der Waals surface area contributed by atoms with Gasteiger partial charge in [0.1, 0.15) is 17.0 Å². The molecule has 2 aromatic rings. The minimum atomic E-state index is -1.90. The Balaban J connectivity index is 1.68. The highest BCUT2D eigenvalue weighted by Crippen LogP contribution is 2.69. The molecule has 0 aromatic heterocycles. The van der Waals surface area contributed by atoms with Crippen molar-refractivity contribution in [2.24, 2.45) is 23.7 Å². The van der Waals surface area contributed by atoms with E-state index in [4.69, 9.17) is 14.2 Å². The third-order valence-electron chi connectivity index (χ3n) is 9.60. The van der Waals surface area contributed by atoms with Crippen molar-refractivity contribution < 1.29 is 38.2 Å². The fourth-order valence-corrected chi connectivity index (χ4v) is 8.04. The van der Waals surface area contributed by atoms with Gasteiger partial charge >= 0.3 is 5.97 Å². The Morgan fingerprint density at radius 3 is 1.36 bits per heavy atom. The van der Waals surface area contributed by atoms with Crippen LogP contribution >= 0.6 is 0 Å². The van der Waals surface area contributed by atoms with Crippen LogP contribution in [0.25, 0.3) is 0 Å². The molecule has 4 aliphatic rings. The molecule has 0 aliphatic carbocycles. The second-order valence-electron chi connectivity index (χ2n) is 11.0. The lowest BCUT2D eigenvalue weighted by Crippen LogP contribution is -2.60. The normalized spacial score (nSPS) is 29.5. The van der Waals surface area contributed by atoms with Gasteiger partial charge in [-0.3, -0.25) is 33.9 Å². The predicted octanol–water partition coefficient (Wildman–Crippen LogP) is 1.97. The number of ether oxygens (including phenoxy) is 3. The highest BCUT2D eigenvalue weighted by molar-refractivity contribution is 6.15. The third kappa shape index (κ3) is 3.34. The molecule has 0 radical (unpaired) electrons. The molecule has 0 spiro atoms. The smallest absolute Gasteiger partial charge is 0.328 e. The van der Waals surface area contributed by atoms with Crippen LogP contribution in [0.15, 0.2) is 48.5 Å². The van der Waals surface area contributed by atoms with Gasteiger partial charge in [-0.25, -0.2) is 4.79 Å². The average molecular weight is 576 g/mol. The van der Waals surface area contributed by atoms with Crippen LogP contribution in [-0.2, 0) is 28.7 Å². The van der Waals surface area contributed by atoms with Crippen LogP contribution < -0.4 is 9.47 Å². The van der Waals surface area contributed by atoms with Gasteiger partial charge in [0.2, 0.25) is 23.6 Å². The van der Waals surface area contributed by atoms with E-state index in [1.807, 2.05) is 0 Å². The molecule has 0 bridgehead atoms. The minimum Gasteiger partial charge on any atom is -0.497 e. The lowest BCUT2D eigenvalue weighted by atomic mass is 9.69. The summed E-state index contributed by atoms with van der Waals surface area (Å²) >= 11 is 0. The standard InChI is InChI=1S/C31H33N3O8/c1-6-32-26(35)20-22(28(32)37)31(30(39)42-5)23-21(27(36)33(7-2)29(23)38)25(17-10-14-19(41-4)15-11-17)34(31)24(20)16-8-12-18(40-3)13-9-16/h8-15,20-25H,6-7H2,1-5H3/t20-,21-,22-,23-,24-,25-/m1/s1. The molecule has 2 aromatic carbocycles. The Morgan fingerprint density at radius 1 is 0.667 bits per heavy atom. The lowest BCUT2D eigenvalue weighted by molar-refractivity contribution is -0.166. The Bertz CT molecular complexity index is 1370. The van der Waals surface area contributed by atoms with Crippen molar-refractivity contribution >= 4 is 29.6 Å². The number of methoxy groups -OCH3 is 3. The number of hydrogen-bond donors (Lipinski definition) is 0. The summed E-state index contributed by atoms with van der Waals surface area (Å²) in [4.78, 5) is 74.7. The molecule has 42 heavy (non-hydrogen) atoms. The molecule has 4 amide bonds. The number of amides is 4. The van der Waals surface area contributed by atoms with Gasteiger partial charge < -0.3 is 14.2 Å². The Morgan fingerprint density at radius 2 is 1.05 bits per heavy atom. The first kappa shape index (κ1) is 27.9. The maximum atomic E-state index is 14.3. The van der Waals surface area contributed by atoms with Gasteiger partial charge in [-0.1, -0.05) is 24.3 Å². The van der Waals surface area contributed by atoms with Crippen molar-refractivity contribution in [1.82, 2.24) is 14.7 Å². The second-order valence-corrected chi connectivity index (χ2v) is 11.0. The van der Waals surface area contributed by atoms with Crippen molar-refractivity contribution in [1.29, 1.82) is 0 Å². The van der Waals surface area contributed by atoms with Crippen molar-refractivity contribution in [3.8, 4) is 11.5 Å². The molecule has 4 saturated heterocycles. The maximum absolute atomic E-state index is 14.3. The van der Waals surface area contributed by atoms with Crippen LogP contribution in [-0.4, -0.2) is 84.3 Å². The van der Waals surface area contributed by atoms with E-state index in [0.29, 0.717) is 22.6 Å². The molecule has 11 heteroatoms. The van der Waals surface area contributed by atoms with Crippen LogP contribution in [0.3, 0.4) is 0 Å². The summed E-state index contributed by atoms with van der Waals surface area (Å²) in [7, 11) is 4.29. The molecule has 4 fully saturated rings. The van der Waals surface area contributed by atoms with Crippen molar-refractivity contribution in [3.05, 3.63) is 59.7 Å². The monoisotopic (exact) mass is 575 g/mol. The zero-order chi connectivity index (χ0) is 30.1. The van der Waals surface area contributed by atoms with Crippen molar-refractivity contribution in [2.45, 2.75) is 31.5 Å². The fraction of sp³-hybridized carbons (Fsp3) is 0.452. The van der Waals surface area contributed by atoms with Crippen molar-refractivity contribution in [2.75, 3.05) is 34.4 Å². The Labute approximate surface area is 243 Å². The summed E-state index contributed by atoms with van der Waals surface area (Å²) < 4.78 is 16.1. The van der Waals surface area contributed by atoms with Gasteiger partial charge in [-0.15, -0.1) is 0 Å². The predicted molar refractivity (Wildman–Crippen MR) is 147 cm³/mol. The van der Waals surface area contributed by atoms with Gasteiger partial charge in [-0.05, 0) is 49.2 Å². The number of hydrogen-bond acceptors (Lipinski definition) is 9. The zero-order valence-electron chi connectivity index (χ0n) is 24.1. The number of imide groups is 2. The highest BCUT2D eigenvalue weighted by atomic mass is 16.5. The molecule has 220 valence electrons. The Kier molecular flexibility index (Phi) is 6.60. The van der Waals surface area contributed by atoms with E-state index in [-0.39, 0.29) is 13.1 Å². The van der Waals surface area contributed by atoms with Gasteiger partial charge in [0.05, 0.1) is 45.0 Å². The van der Waals surface area contributed by atoms with Gasteiger partial charge in [0.15, 0.2) is 0 Å². The van der Waals surface area contributed by atoms with E-state index < -0.39 is 70.9 Å². The summed E-state index contributed by atoms with van der Waals surface area (Å²) in [5.41, 5.74) is -0.588. The number of carbonyl (C=O) groups excluding carboxylic acids is 5. The summed E-state index contributed by atoms with van der Waals surface area (Å²) in [6, 6.07) is 12.5. The summed E-state index contributed by atoms with van der Waals surface area (Å²) in [6.45, 7) is 3.62. The van der Waals surface area contributed by atoms with Crippen LogP contribution in [0.2, 0.25) is 0 Å². The first-order valence-corrected chi connectivity index (χ1v) is 14.1. The first-order valence-electron chi connectivity index (χ1n) is 14.1. The highest BCUT2D eigenvalue weighted by Gasteiger charge is 2.84. The first-order chi connectivity index (χ1) is 20.2. The third-order valence-corrected chi connectivity index (χ3v) is 9.60. The molecule has 6 rings (SSSR count). The largest absolute Gasteiger partial charge is 0.497 e. The van der Waals surface area contributed by atoms with Crippen LogP contribution in [0.4, 0.5) is 0 Å². The minimum absolute atomic E-state index is 0.112. The van der Waals surface area contributed by atoms with Gasteiger partial charge in [0, 0.05) is 25.2 Å².